The average Bonchev–Trinajstić information content (AvgIpc) is 3.06. The monoisotopic (exact) mass is 491 g/mol. The van der Waals surface area contributed by atoms with Gasteiger partial charge in [0.15, 0.2) is 5.76 Å². The Kier molecular flexibility index (Phi) is 5.29. The van der Waals surface area contributed by atoms with E-state index in [-0.39, 0.29) is 22.1 Å². The fourth-order valence-electron chi connectivity index (χ4n) is 2.24. The van der Waals surface area contributed by atoms with E-state index >= 15 is 0 Å². The summed E-state index contributed by atoms with van der Waals surface area (Å²) in [6.07, 6.45) is -4.50. The largest absolute Gasteiger partial charge is 0.451 e. The van der Waals surface area contributed by atoms with Gasteiger partial charge >= 0.3 is 6.18 Å². The van der Waals surface area contributed by atoms with Crippen LogP contribution in [0.2, 0.25) is 5.02 Å². The maximum absolute atomic E-state index is 12.9. The molecule has 0 aliphatic rings. The van der Waals surface area contributed by atoms with Gasteiger partial charge in [-0.2, -0.15) is 13.2 Å². The topological polar surface area (TPSA) is 42.2 Å². The number of hydrogen-bond donors (Lipinski definition) is 1. The van der Waals surface area contributed by atoms with Crippen molar-refractivity contribution in [2.75, 3.05) is 5.32 Å². The summed E-state index contributed by atoms with van der Waals surface area (Å²) in [5.41, 5.74) is -0.180. The van der Waals surface area contributed by atoms with Gasteiger partial charge < -0.3 is 9.73 Å². The van der Waals surface area contributed by atoms with E-state index in [0.717, 1.165) is 21.8 Å². The first-order valence-corrected chi connectivity index (χ1v) is 8.74. The maximum Gasteiger partial charge on any atom is 0.416 e. The molecule has 0 aliphatic carbocycles. The van der Waals surface area contributed by atoms with Gasteiger partial charge in [0.05, 0.1) is 16.3 Å². The second-order valence-electron chi connectivity index (χ2n) is 5.29. The molecule has 0 fully saturated rings. The van der Waals surface area contributed by atoms with Crippen LogP contribution in [0, 0.1) is 3.57 Å². The van der Waals surface area contributed by atoms with Gasteiger partial charge in [-0.3, -0.25) is 4.79 Å². The number of rotatable bonds is 3. The second kappa shape index (κ2) is 7.32. The van der Waals surface area contributed by atoms with Crippen LogP contribution in [-0.4, -0.2) is 5.91 Å². The quantitative estimate of drug-likeness (QED) is 0.426. The van der Waals surface area contributed by atoms with Crippen LogP contribution >= 0.6 is 34.2 Å². The van der Waals surface area contributed by atoms with E-state index < -0.39 is 17.6 Å². The average molecular weight is 492 g/mol. The molecule has 3 aromatic rings. The number of para-hydroxylation sites is 1. The van der Waals surface area contributed by atoms with Crippen molar-refractivity contribution in [2.45, 2.75) is 6.18 Å². The highest BCUT2D eigenvalue weighted by Crippen LogP contribution is 2.36. The molecule has 1 aromatic heterocycles. The summed E-state index contributed by atoms with van der Waals surface area (Å²) in [4.78, 5) is 12.3. The number of carbonyl (C=O) groups excluding carboxylic acids is 1. The number of furan rings is 1. The first-order chi connectivity index (χ1) is 12.3. The number of carbonyl (C=O) groups is 1. The Morgan fingerprint density at radius 2 is 1.81 bits per heavy atom. The van der Waals surface area contributed by atoms with E-state index in [0.29, 0.717) is 5.69 Å². The van der Waals surface area contributed by atoms with Gasteiger partial charge in [0.25, 0.3) is 5.91 Å². The number of halogens is 5. The Bertz CT molecular complexity index is 969. The molecular formula is C18H10ClF3INO2. The number of alkyl halides is 3. The number of nitrogens with one attached hydrogen (secondary N) is 1. The number of anilines is 1. The third-order valence-corrected chi connectivity index (χ3v) is 4.78. The Balaban J connectivity index is 1.88. The molecule has 0 aliphatic heterocycles. The molecule has 0 saturated heterocycles. The molecule has 1 amide bonds. The molecule has 2 aromatic carbocycles. The Morgan fingerprint density at radius 3 is 2.50 bits per heavy atom. The van der Waals surface area contributed by atoms with E-state index in [9.17, 15) is 18.0 Å². The van der Waals surface area contributed by atoms with Crippen molar-refractivity contribution >= 4 is 45.8 Å². The van der Waals surface area contributed by atoms with Crippen LogP contribution in [0.3, 0.4) is 0 Å². The highest BCUT2D eigenvalue weighted by Gasteiger charge is 2.31. The summed E-state index contributed by atoms with van der Waals surface area (Å²) in [7, 11) is 0. The van der Waals surface area contributed by atoms with Crippen molar-refractivity contribution in [1.29, 1.82) is 0 Å². The summed E-state index contributed by atoms with van der Waals surface area (Å²) in [5.74, 6) is -0.467. The molecule has 0 atom stereocenters. The highest BCUT2D eigenvalue weighted by atomic mass is 127. The minimum atomic E-state index is -4.50. The molecule has 26 heavy (non-hydrogen) atoms. The van der Waals surface area contributed by atoms with Gasteiger partial charge in [-0.05, 0) is 65.1 Å². The van der Waals surface area contributed by atoms with Crippen LogP contribution in [0.25, 0.3) is 11.3 Å². The Hall–Kier alpha value is -2.00. The number of benzene rings is 2. The number of hydrogen-bond acceptors (Lipinski definition) is 2. The lowest BCUT2D eigenvalue weighted by atomic mass is 10.1. The molecule has 3 rings (SSSR count). The van der Waals surface area contributed by atoms with Crippen molar-refractivity contribution in [3.05, 3.63) is 74.5 Å². The van der Waals surface area contributed by atoms with Crippen LogP contribution in [0.4, 0.5) is 18.9 Å². The van der Waals surface area contributed by atoms with Gasteiger partial charge in [-0.25, -0.2) is 0 Å². The van der Waals surface area contributed by atoms with Gasteiger partial charge in [-0.15, -0.1) is 0 Å². The third-order valence-electron chi connectivity index (χ3n) is 3.51. The molecule has 1 N–H and O–H groups in total. The van der Waals surface area contributed by atoms with E-state index in [4.69, 9.17) is 16.0 Å². The fraction of sp³-hybridized carbons (Fsp3) is 0.0556. The minimum absolute atomic E-state index is 0.0341. The van der Waals surface area contributed by atoms with Gasteiger partial charge in [0, 0.05) is 9.13 Å². The molecule has 0 saturated carbocycles. The molecule has 8 heteroatoms. The summed E-state index contributed by atoms with van der Waals surface area (Å²) in [6.45, 7) is 0. The van der Waals surface area contributed by atoms with E-state index in [1.807, 2.05) is 12.1 Å². The smallest absolute Gasteiger partial charge is 0.416 e. The van der Waals surface area contributed by atoms with E-state index in [1.54, 1.807) is 12.1 Å². The standard InChI is InChI=1S/C18H10ClF3INO2/c19-12-6-5-10(18(20,21)22)9-11(12)15-7-8-16(26-15)17(25)24-14-4-2-1-3-13(14)23/h1-9H,(H,24,25). The van der Waals surface area contributed by atoms with Gasteiger partial charge in [0.1, 0.15) is 5.76 Å². The van der Waals surface area contributed by atoms with Gasteiger partial charge in [0.2, 0.25) is 0 Å². The Morgan fingerprint density at radius 1 is 1.08 bits per heavy atom. The van der Waals surface area contributed by atoms with Crippen LogP contribution in [0.15, 0.2) is 59.0 Å². The van der Waals surface area contributed by atoms with Crippen LogP contribution in [-0.2, 0) is 6.18 Å². The fourth-order valence-corrected chi connectivity index (χ4v) is 2.97. The molecule has 0 unspecified atom stereocenters. The first kappa shape index (κ1) is 18.8. The summed E-state index contributed by atoms with van der Waals surface area (Å²) < 4.78 is 44.9. The van der Waals surface area contributed by atoms with Crippen molar-refractivity contribution in [2.24, 2.45) is 0 Å². The zero-order valence-electron chi connectivity index (χ0n) is 12.9. The lowest BCUT2D eigenvalue weighted by Crippen LogP contribution is -2.11. The second-order valence-corrected chi connectivity index (χ2v) is 6.86. The lowest BCUT2D eigenvalue weighted by molar-refractivity contribution is -0.137. The molecule has 134 valence electrons. The van der Waals surface area contributed by atoms with Crippen molar-refractivity contribution < 1.29 is 22.4 Å². The molecule has 0 bridgehead atoms. The van der Waals surface area contributed by atoms with E-state index in [2.05, 4.69) is 27.9 Å². The zero-order valence-corrected chi connectivity index (χ0v) is 15.8. The van der Waals surface area contributed by atoms with Gasteiger partial charge in [-0.1, -0.05) is 23.7 Å². The normalized spacial score (nSPS) is 11.4. The summed E-state index contributed by atoms with van der Waals surface area (Å²) in [6, 6.07) is 12.9. The summed E-state index contributed by atoms with van der Waals surface area (Å²) >= 11 is 8.06. The lowest BCUT2D eigenvalue weighted by Gasteiger charge is -2.09. The van der Waals surface area contributed by atoms with Crippen LogP contribution in [0.1, 0.15) is 16.1 Å². The molecule has 0 radical (unpaired) electrons. The zero-order chi connectivity index (χ0) is 18.9. The van der Waals surface area contributed by atoms with Crippen molar-refractivity contribution in [1.82, 2.24) is 0 Å². The molecular weight excluding hydrogens is 482 g/mol. The first-order valence-electron chi connectivity index (χ1n) is 7.28. The Labute approximate surface area is 165 Å². The number of amides is 1. The molecule has 3 nitrogen and oxygen atoms in total. The van der Waals surface area contributed by atoms with Crippen LogP contribution in [0.5, 0.6) is 0 Å². The predicted octanol–water partition coefficient (Wildman–Crippen LogP) is 6.48. The minimum Gasteiger partial charge on any atom is -0.451 e. The third kappa shape index (κ3) is 4.04. The highest BCUT2D eigenvalue weighted by molar-refractivity contribution is 14.1. The van der Waals surface area contributed by atoms with E-state index in [1.165, 1.54) is 12.1 Å². The van der Waals surface area contributed by atoms with Crippen molar-refractivity contribution in [3.63, 3.8) is 0 Å². The summed E-state index contributed by atoms with van der Waals surface area (Å²) in [5, 5.41) is 2.78. The molecule has 1 heterocycles. The predicted molar refractivity (Wildman–Crippen MR) is 101 cm³/mol. The van der Waals surface area contributed by atoms with Crippen molar-refractivity contribution in [3.8, 4) is 11.3 Å². The maximum atomic E-state index is 12.9. The van der Waals surface area contributed by atoms with Crippen LogP contribution < -0.4 is 5.32 Å². The SMILES string of the molecule is O=C(Nc1ccccc1I)c1ccc(-c2cc(C(F)(F)F)ccc2Cl)o1. The molecule has 0 spiro atoms.